The fraction of sp³-hybridized carbons (Fsp3) is 0.417. The van der Waals surface area contributed by atoms with Gasteiger partial charge in [0, 0.05) is 31.5 Å². The van der Waals surface area contributed by atoms with Crippen molar-refractivity contribution in [2.75, 3.05) is 13.6 Å². The quantitative estimate of drug-likeness (QED) is 0.711. The molecule has 0 aromatic carbocycles. The summed E-state index contributed by atoms with van der Waals surface area (Å²) in [5, 5.41) is 0.119. The fourth-order valence-corrected chi connectivity index (χ4v) is 2.72. The van der Waals surface area contributed by atoms with E-state index in [4.69, 9.17) is 0 Å². The first-order chi connectivity index (χ1) is 8.06. The van der Waals surface area contributed by atoms with Gasteiger partial charge in [0.1, 0.15) is 5.37 Å². The van der Waals surface area contributed by atoms with Gasteiger partial charge in [-0.05, 0) is 18.6 Å². The number of hydrogen-bond donors (Lipinski definition) is 0. The lowest BCUT2D eigenvalue weighted by Crippen LogP contribution is -2.26. The van der Waals surface area contributed by atoms with Crippen LogP contribution in [0, 0.1) is 0 Å². The Morgan fingerprint density at radius 2 is 2.29 bits per heavy atom. The van der Waals surface area contributed by atoms with Crippen molar-refractivity contribution in [2.24, 2.45) is 4.99 Å². The number of allylic oxidation sites excluding steroid dienone is 4. The van der Waals surface area contributed by atoms with Crippen LogP contribution in [0.2, 0.25) is 0 Å². The van der Waals surface area contributed by atoms with Crippen molar-refractivity contribution in [2.45, 2.75) is 18.7 Å². The minimum absolute atomic E-state index is 0.0213. The van der Waals surface area contributed by atoms with E-state index >= 15 is 0 Å². The van der Waals surface area contributed by atoms with E-state index in [0.717, 1.165) is 17.0 Å². The number of ketones is 1. The van der Waals surface area contributed by atoms with Gasteiger partial charge in [-0.3, -0.25) is 14.6 Å². The molecule has 0 saturated heterocycles. The van der Waals surface area contributed by atoms with Crippen molar-refractivity contribution < 1.29 is 9.59 Å². The van der Waals surface area contributed by atoms with Gasteiger partial charge in [-0.15, -0.1) is 0 Å². The van der Waals surface area contributed by atoms with Crippen molar-refractivity contribution in [1.82, 2.24) is 4.90 Å². The number of amides is 1. The van der Waals surface area contributed by atoms with Crippen LogP contribution in [-0.2, 0) is 9.59 Å². The third-order valence-electron chi connectivity index (χ3n) is 2.73. The highest BCUT2D eigenvalue weighted by atomic mass is 32.2. The molecule has 90 valence electrons. The summed E-state index contributed by atoms with van der Waals surface area (Å²) in [6, 6.07) is 0. The first-order valence-corrected chi connectivity index (χ1v) is 6.34. The molecule has 1 unspecified atom stereocenters. The van der Waals surface area contributed by atoms with E-state index in [-0.39, 0.29) is 17.1 Å². The van der Waals surface area contributed by atoms with Gasteiger partial charge >= 0.3 is 0 Å². The Kier molecular flexibility index (Phi) is 3.47. The molecular weight excluding hydrogens is 236 g/mol. The zero-order valence-corrected chi connectivity index (χ0v) is 10.7. The second-order valence-corrected chi connectivity index (χ2v) is 5.28. The summed E-state index contributed by atoms with van der Waals surface area (Å²) >= 11 is 1.60. The van der Waals surface area contributed by atoms with E-state index in [2.05, 4.69) is 4.99 Å². The van der Waals surface area contributed by atoms with Crippen molar-refractivity contribution in [3.8, 4) is 0 Å². The maximum Gasteiger partial charge on any atom is 0.219 e. The molecule has 0 radical (unpaired) electrons. The van der Waals surface area contributed by atoms with E-state index in [1.807, 2.05) is 0 Å². The number of hydrogen-bond acceptors (Lipinski definition) is 4. The molecule has 0 bridgehead atoms. The van der Waals surface area contributed by atoms with Gasteiger partial charge in [0.15, 0.2) is 5.78 Å². The third kappa shape index (κ3) is 2.85. The van der Waals surface area contributed by atoms with Gasteiger partial charge in [0.25, 0.3) is 0 Å². The number of carbonyl (C=O) groups is 2. The first kappa shape index (κ1) is 12.1. The predicted octanol–water partition coefficient (Wildman–Crippen LogP) is 1.39. The van der Waals surface area contributed by atoms with Crippen LogP contribution in [0.25, 0.3) is 0 Å². The molecule has 1 heterocycles. The number of aliphatic imine (C=N–C) groups is 1. The van der Waals surface area contributed by atoms with E-state index < -0.39 is 0 Å². The summed E-state index contributed by atoms with van der Waals surface area (Å²) in [6.07, 6.45) is 5.73. The van der Waals surface area contributed by atoms with Crippen LogP contribution >= 0.6 is 11.8 Å². The molecule has 1 aliphatic heterocycles. The Balaban J connectivity index is 1.93. The SMILES string of the molecule is CC(=O)N(C)CCC1N=C2C=CC(=O)C=C2S1. The summed E-state index contributed by atoms with van der Waals surface area (Å²) in [5.74, 6) is 0.0836. The van der Waals surface area contributed by atoms with Gasteiger partial charge in [-0.2, -0.15) is 0 Å². The minimum atomic E-state index is 0.0213. The molecule has 5 heteroatoms. The Bertz CT molecular complexity index is 451. The van der Waals surface area contributed by atoms with Crippen molar-refractivity contribution >= 4 is 29.2 Å². The van der Waals surface area contributed by atoms with Gasteiger partial charge in [-0.1, -0.05) is 11.8 Å². The Labute approximate surface area is 104 Å². The minimum Gasteiger partial charge on any atom is -0.346 e. The lowest BCUT2D eigenvalue weighted by molar-refractivity contribution is -0.127. The zero-order chi connectivity index (χ0) is 12.4. The largest absolute Gasteiger partial charge is 0.346 e. The molecule has 17 heavy (non-hydrogen) atoms. The van der Waals surface area contributed by atoms with Gasteiger partial charge in [0.2, 0.25) is 5.91 Å². The second-order valence-electron chi connectivity index (χ2n) is 4.06. The molecule has 1 atom stereocenters. The summed E-state index contributed by atoms with van der Waals surface area (Å²) in [7, 11) is 1.78. The Morgan fingerprint density at radius 3 is 3.00 bits per heavy atom. The van der Waals surface area contributed by atoms with E-state index in [0.29, 0.717) is 6.54 Å². The monoisotopic (exact) mass is 250 g/mol. The fourth-order valence-electron chi connectivity index (χ4n) is 1.61. The average Bonchev–Trinajstić information content (AvgIpc) is 2.67. The molecule has 4 nitrogen and oxygen atoms in total. The third-order valence-corrected chi connectivity index (χ3v) is 3.92. The van der Waals surface area contributed by atoms with E-state index in [9.17, 15) is 9.59 Å². The lowest BCUT2D eigenvalue weighted by atomic mass is 10.1. The van der Waals surface area contributed by atoms with E-state index in [1.165, 1.54) is 6.08 Å². The molecule has 0 spiro atoms. The van der Waals surface area contributed by atoms with Crippen LogP contribution in [0.5, 0.6) is 0 Å². The summed E-state index contributed by atoms with van der Waals surface area (Å²) < 4.78 is 0. The van der Waals surface area contributed by atoms with Crippen molar-refractivity contribution in [1.29, 1.82) is 0 Å². The molecule has 1 aliphatic carbocycles. The number of fused-ring (bicyclic) bond motifs is 1. The van der Waals surface area contributed by atoms with Crippen LogP contribution in [0.3, 0.4) is 0 Å². The Morgan fingerprint density at radius 1 is 1.53 bits per heavy atom. The maximum atomic E-state index is 11.2. The van der Waals surface area contributed by atoms with Gasteiger partial charge in [0.05, 0.1) is 5.71 Å². The molecule has 0 saturated carbocycles. The first-order valence-electron chi connectivity index (χ1n) is 5.46. The molecule has 2 rings (SSSR count). The van der Waals surface area contributed by atoms with Crippen molar-refractivity contribution in [3.63, 3.8) is 0 Å². The molecule has 2 aliphatic rings. The van der Waals surface area contributed by atoms with Crippen molar-refractivity contribution in [3.05, 3.63) is 23.1 Å². The highest BCUT2D eigenvalue weighted by Gasteiger charge is 2.24. The summed E-state index contributed by atoms with van der Waals surface area (Å²) in [6.45, 7) is 2.24. The molecule has 1 amide bonds. The predicted molar refractivity (Wildman–Crippen MR) is 69.0 cm³/mol. The molecule has 0 N–H and O–H groups in total. The second kappa shape index (κ2) is 4.87. The average molecular weight is 250 g/mol. The lowest BCUT2D eigenvalue weighted by Gasteiger charge is -2.15. The normalized spacial score (nSPS) is 22.0. The van der Waals surface area contributed by atoms with Crippen LogP contribution in [-0.4, -0.2) is 41.3 Å². The molecule has 0 aromatic heterocycles. The molecule has 0 fully saturated rings. The summed E-state index contributed by atoms with van der Waals surface area (Å²) in [4.78, 5) is 29.4. The summed E-state index contributed by atoms with van der Waals surface area (Å²) in [5.41, 5.74) is 0.894. The molecule has 0 aromatic rings. The van der Waals surface area contributed by atoms with E-state index in [1.54, 1.807) is 42.8 Å². The number of thioether (sulfide) groups is 1. The number of rotatable bonds is 3. The van der Waals surface area contributed by atoms with Gasteiger partial charge in [-0.25, -0.2) is 0 Å². The van der Waals surface area contributed by atoms with Crippen LogP contribution < -0.4 is 0 Å². The Hall–Kier alpha value is -1.36. The maximum absolute atomic E-state index is 11.2. The smallest absolute Gasteiger partial charge is 0.219 e. The highest BCUT2D eigenvalue weighted by molar-refractivity contribution is 8.05. The number of carbonyl (C=O) groups excluding carboxylic acids is 2. The highest BCUT2D eigenvalue weighted by Crippen LogP contribution is 2.35. The van der Waals surface area contributed by atoms with Crippen LogP contribution in [0.15, 0.2) is 28.1 Å². The zero-order valence-electron chi connectivity index (χ0n) is 9.84. The van der Waals surface area contributed by atoms with Gasteiger partial charge < -0.3 is 4.90 Å². The topological polar surface area (TPSA) is 49.7 Å². The standard InChI is InChI=1S/C12H14N2O2S/c1-8(15)14(2)6-5-12-13-10-4-3-9(16)7-11(10)17-12/h3-4,7,12H,5-6H2,1-2H3. The number of nitrogens with zero attached hydrogens (tertiary/aromatic N) is 2. The molecular formula is C12H14N2O2S. The van der Waals surface area contributed by atoms with Crippen LogP contribution in [0.4, 0.5) is 0 Å². The van der Waals surface area contributed by atoms with Crippen LogP contribution in [0.1, 0.15) is 13.3 Å².